The van der Waals surface area contributed by atoms with Crippen LogP contribution in [-0.4, -0.2) is 32.1 Å². The predicted octanol–water partition coefficient (Wildman–Crippen LogP) is 2.28. The second-order valence-corrected chi connectivity index (χ2v) is 5.22. The molecule has 8 heteroatoms. The van der Waals surface area contributed by atoms with Crippen molar-refractivity contribution >= 4 is 35.8 Å². The Hall–Kier alpha value is -2.23. The van der Waals surface area contributed by atoms with Gasteiger partial charge in [-0.25, -0.2) is 4.99 Å². The van der Waals surface area contributed by atoms with Gasteiger partial charge >= 0.3 is 0 Å². The zero-order valence-electron chi connectivity index (χ0n) is 15.0. The molecule has 142 valence electrons. The number of amides is 1. The van der Waals surface area contributed by atoms with E-state index < -0.39 is 0 Å². The quantitative estimate of drug-likeness (QED) is 0.312. The number of aliphatic imine (C=N–C) groups is 1. The number of benzene rings is 1. The highest BCUT2D eigenvalue weighted by Crippen LogP contribution is 2.17. The number of hydrogen-bond donors (Lipinski definition) is 3. The number of halogens is 1. The standard InChI is InChI=1S/C18H24N4O3.HI/c1-3-19-18(21-11-14-7-4-5-9-16(14)24-2)22-13-17(23)20-12-15-8-6-10-25-15;/h4-10H,3,11-13H2,1-2H3,(H,20,23)(H2,19,21,22);1H. The van der Waals surface area contributed by atoms with Crippen LogP contribution in [0.5, 0.6) is 5.75 Å². The first-order valence-electron chi connectivity index (χ1n) is 8.16. The molecule has 0 fully saturated rings. The van der Waals surface area contributed by atoms with Gasteiger partial charge in [0.15, 0.2) is 5.96 Å². The van der Waals surface area contributed by atoms with Crippen LogP contribution in [0.3, 0.4) is 0 Å². The molecule has 0 saturated heterocycles. The molecule has 0 bridgehead atoms. The van der Waals surface area contributed by atoms with Crippen molar-refractivity contribution in [2.24, 2.45) is 4.99 Å². The summed E-state index contributed by atoms with van der Waals surface area (Å²) in [5.74, 6) is 1.93. The summed E-state index contributed by atoms with van der Waals surface area (Å²) >= 11 is 0. The van der Waals surface area contributed by atoms with E-state index in [2.05, 4.69) is 20.9 Å². The Kier molecular flexibility index (Phi) is 10.2. The molecule has 1 aromatic carbocycles. The van der Waals surface area contributed by atoms with Crippen molar-refractivity contribution in [2.75, 3.05) is 20.2 Å². The van der Waals surface area contributed by atoms with E-state index in [-0.39, 0.29) is 36.4 Å². The Morgan fingerprint density at radius 2 is 1.96 bits per heavy atom. The maximum atomic E-state index is 11.9. The number of carbonyl (C=O) groups is 1. The Morgan fingerprint density at radius 3 is 2.65 bits per heavy atom. The van der Waals surface area contributed by atoms with Crippen LogP contribution in [0.4, 0.5) is 0 Å². The van der Waals surface area contributed by atoms with Crippen LogP contribution in [-0.2, 0) is 17.9 Å². The number of carbonyl (C=O) groups excluding carboxylic acids is 1. The Labute approximate surface area is 170 Å². The van der Waals surface area contributed by atoms with Crippen molar-refractivity contribution < 1.29 is 13.9 Å². The molecule has 7 nitrogen and oxygen atoms in total. The fraction of sp³-hybridized carbons (Fsp3) is 0.333. The van der Waals surface area contributed by atoms with Crippen molar-refractivity contribution in [1.82, 2.24) is 16.0 Å². The van der Waals surface area contributed by atoms with E-state index in [1.54, 1.807) is 19.4 Å². The minimum Gasteiger partial charge on any atom is -0.496 e. The Balaban J connectivity index is 0.00000338. The smallest absolute Gasteiger partial charge is 0.239 e. The van der Waals surface area contributed by atoms with E-state index in [1.165, 1.54) is 0 Å². The number of furan rings is 1. The molecule has 0 atom stereocenters. The highest BCUT2D eigenvalue weighted by atomic mass is 127. The van der Waals surface area contributed by atoms with Crippen molar-refractivity contribution in [3.8, 4) is 5.75 Å². The molecule has 0 aliphatic heterocycles. The van der Waals surface area contributed by atoms with Gasteiger partial charge in [0.1, 0.15) is 11.5 Å². The van der Waals surface area contributed by atoms with E-state index in [9.17, 15) is 4.79 Å². The molecule has 0 aliphatic rings. The third-order valence-corrected chi connectivity index (χ3v) is 3.40. The van der Waals surface area contributed by atoms with Crippen LogP contribution in [0, 0.1) is 0 Å². The average molecular weight is 472 g/mol. The summed E-state index contributed by atoms with van der Waals surface area (Å²) in [6, 6.07) is 11.3. The fourth-order valence-electron chi connectivity index (χ4n) is 2.16. The van der Waals surface area contributed by atoms with Crippen LogP contribution >= 0.6 is 24.0 Å². The van der Waals surface area contributed by atoms with Gasteiger partial charge in [-0.2, -0.15) is 0 Å². The monoisotopic (exact) mass is 472 g/mol. The third kappa shape index (κ3) is 7.34. The number of guanidine groups is 1. The van der Waals surface area contributed by atoms with Crippen LogP contribution in [0.2, 0.25) is 0 Å². The summed E-state index contributed by atoms with van der Waals surface area (Å²) < 4.78 is 10.5. The molecule has 0 saturated carbocycles. The summed E-state index contributed by atoms with van der Waals surface area (Å²) in [7, 11) is 1.63. The maximum absolute atomic E-state index is 11.9. The van der Waals surface area contributed by atoms with Gasteiger partial charge in [-0.3, -0.25) is 4.79 Å². The van der Waals surface area contributed by atoms with Crippen LogP contribution in [0.1, 0.15) is 18.2 Å². The number of nitrogens with zero attached hydrogens (tertiary/aromatic N) is 1. The SMILES string of the molecule is CCNC(=NCc1ccccc1OC)NCC(=O)NCc1ccco1.I. The summed E-state index contributed by atoms with van der Waals surface area (Å²) in [4.78, 5) is 16.4. The van der Waals surface area contributed by atoms with Crippen molar-refractivity contribution in [1.29, 1.82) is 0 Å². The maximum Gasteiger partial charge on any atom is 0.239 e. The molecular weight excluding hydrogens is 447 g/mol. The normalized spacial score (nSPS) is 10.6. The summed E-state index contributed by atoms with van der Waals surface area (Å²) in [6.45, 7) is 3.61. The van der Waals surface area contributed by atoms with E-state index in [4.69, 9.17) is 9.15 Å². The van der Waals surface area contributed by atoms with E-state index in [0.717, 1.165) is 11.3 Å². The van der Waals surface area contributed by atoms with Gasteiger partial charge in [0, 0.05) is 12.1 Å². The molecule has 0 unspecified atom stereocenters. The minimum atomic E-state index is -0.140. The van der Waals surface area contributed by atoms with Crippen LogP contribution < -0.4 is 20.7 Å². The molecule has 1 aromatic heterocycles. The zero-order valence-corrected chi connectivity index (χ0v) is 17.3. The van der Waals surface area contributed by atoms with Gasteiger partial charge < -0.3 is 25.1 Å². The lowest BCUT2D eigenvalue weighted by Gasteiger charge is -2.12. The van der Waals surface area contributed by atoms with Gasteiger partial charge in [0.25, 0.3) is 0 Å². The van der Waals surface area contributed by atoms with Crippen LogP contribution in [0.15, 0.2) is 52.1 Å². The number of rotatable bonds is 8. The summed E-state index contributed by atoms with van der Waals surface area (Å²) in [5.41, 5.74) is 0.976. The number of hydrogen-bond acceptors (Lipinski definition) is 4. The van der Waals surface area contributed by atoms with Gasteiger partial charge in [0.2, 0.25) is 5.91 Å². The highest BCUT2D eigenvalue weighted by Gasteiger charge is 2.06. The van der Waals surface area contributed by atoms with Gasteiger partial charge in [-0.05, 0) is 25.1 Å². The second kappa shape index (κ2) is 12.2. The number of ether oxygens (including phenoxy) is 1. The first-order chi connectivity index (χ1) is 12.2. The molecule has 26 heavy (non-hydrogen) atoms. The van der Waals surface area contributed by atoms with E-state index in [1.807, 2.05) is 37.3 Å². The Bertz CT molecular complexity index is 690. The van der Waals surface area contributed by atoms with Crippen molar-refractivity contribution in [3.05, 3.63) is 54.0 Å². The fourth-order valence-corrected chi connectivity index (χ4v) is 2.16. The molecule has 2 rings (SSSR count). The first-order valence-corrected chi connectivity index (χ1v) is 8.16. The van der Waals surface area contributed by atoms with Gasteiger partial charge in [0.05, 0.1) is 33.0 Å². The minimum absolute atomic E-state index is 0. The molecular formula is C18H25IN4O3. The molecule has 2 aromatic rings. The number of nitrogens with one attached hydrogen (secondary N) is 3. The summed E-state index contributed by atoms with van der Waals surface area (Å²) in [6.07, 6.45) is 1.58. The Morgan fingerprint density at radius 1 is 1.15 bits per heavy atom. The molecule has 1 amide bonds. The largest absolute Gasteiger partial charge is 0.496 e. The number of para-hydroxylation sites is 1. The predicted molar refractivity (Wildman–Crippen MR) is 112 cm³/mol. The van der Waals surface area contributed by atoms with Crippen molar-refractivity contribution in [3.63, 3.8) is 0 Å². The lowest BCUT2D eigenvalue weighted by molar-refractivity contribution is -0.120. The average Bonchev–Trinajstić information content (AvgIpc) is 3.16. The number of methoxy groups -OCH3 is 1. The molecule has 0 aliphatic carbocycles. The van der Waals surface area contributed by atoms with E-state index >= 15 is 0 Å². The second-order valence-electron chi connectivity index (χ2n) is 5.22. The lowest BCUT2D eigenvalue weighted by Crippen LogP contribution is -2.43. The van der Waals surface area contributed by atoms with Crippen LogP contribution in [0.25, 0.3) is 0 Å². The van der Waals surface area contributed by atoms with Gasteiger partial charge in [-0.1, -0.05) is 18.2 Å². The highest BCUT2D eigenvalue weighted by molar-refractivity contribution is 14.0. The molecule has 1 heterocycles. The van der Waals surface area contributed by atoms with Gasteiger partial charge in [-0.15, -0.1) is 24.0 Å². The van der Waals surface area contributed by atoms with E-state index in [0.29, 0.717) is 31.4 Å². The first kappa shape index (κ1) is 21.8. The molecule has 3 N–H and O–H groups in total. The zero-order chi connectivity index (χ0) is 17.9. The third-order valence-electron chi connectivity index (χ3n) is 3.40. The topological polar surface area (TPSA) is 87.9 Å². The van der Waals surface area contributed by atoms with Crippen molar-refractivity contribution in [2.45, 2.75) is 20.0 Å². The lowest BCUT2D eigenvalue weighted by atomic mass is 10.2. The molecule has 0 spiro atoms. The summed E-state index contributed by atoms with van der Waals surface area (Å²) in [5, 5.41) is 8.91. The molecule has 0 radical (unpaired) electrons.